The number of carbonyl (C=O) groups is 6. The molecule has 0 radical (unpaired) electrons. The number of aromatic nitrogens is 1. The van der Waals surface area contributed by atoms with E-state index in [2.05, 4.69) is 31.6 Å². The number of amides is 5. The summed E-state index contributed by atoms with van der Waals surface area (Å²) in [4.78, 5) is 82.9. The Balaban J connectivity index is 1.34. The fourth-order valence-electron chi connectivity index (χ4n) is 5.45. The zero-order chi connectivity index (χ0) is 40.9. The van der Waals surface area contributed by atoms with Gasteiger partial charge >= 0.3 is 0 Å². The molecule has 12 N–H and O–H groups in total. The molecule has 56 heavy (non-hydrogen) atoms. The zero-order valence-electron chi connectivity index (χ0n) is 30.8. The molecule has 0 spiro atoms. The Kier molecular flexibility index (Phi) is 15.6. The number of aliphatic hydroxyl groups excluding tert-OH is 1. The van der Waals surface area contributed by atoms with Gasteiger partial charge in [-0.25, -0.2) is 4.98 Å². The highest BCUT2D eigenvalue weighted by atomic mass is 35.5. The maximum Gasteiger partial charge on any atom is 0.268 e. The zero-order valence-corrected chi connectivity index (χ0v) is 31.5. The molecule has 1 aromatic heterocycles. The van der Waals surface area contributed by atoms with Gasteiger partial charge in [-0.2, -0.15) is 0 Å². The monoisotopic (exact) mass is 791 g/mol. The van der Waals surface area contributed by atoms with Gasteiger partial charge in [-0.05, 0) is 87.2 Å². The summed E-state index contributed by atoms with van der Waals surface area (Å²) in [7, 11) is 0. The van der Waals surface area contributed by atoms with Gasteiger partial charge in [-0.1, -0.05) is 48.0 Å². The molecular formula is C38H46ClN9O8. The molecule has 6 atom stereocenters. The first kappa shape index (κ1) is 43.0. The lowest BCUT2D eigenvalue weighted by Gasteiger charge is -2.26. The molecule has 0 saturated heterocycles. The Morgan fingerprint density at radius 2 is 1.38 bits per heavy atom. The van der Waals surface area contributed by atoms with Crippen molar-refractivity contribution in [3.05, 3.63) is 89.3 Å². The van der Waals surface area contributed by atoms with Crippen LogP contribution in [0.15, 0.2) is 77.2 Å². The van der Waals surface area contributed by atoms with Crippen LogP contribution in [0, 0.1) is 0 Å². The first-order valence-electron chi connectivity index (χ1n) is 17.8. The van der Waals surface area contributed by atoms with Gasteiger partial charge in [0.1, 0.15) is 35.8 Å². The second kappa shape index (κ2) is 20.3. The number of hydrogen-bond donors (Lipinski definition) is 9. The van der Waals surface area contributed by atoms with Gasteiger partial charge in [0.05, 0.1) is 6.10 Å². The topological polar surface area (TPSA) is 287 Å². The van der Waals surface area contributed by atoms with Crippen molar-refractivity contribution in [2.24, 2.45) is 17.2 Å². The standard InChI is InChI=1S/C38H46ClN9O8/c1-20(33(51)44-27(8-5-6-18-40)35(53)48-32(42)31(50)38-46-26-7-3-4-9-29(26)56-38)43-37(55)30(21(2)49)47-36(54)28(19-41)45-34(52)24-12-10-22(11-13-24)23-14-16-25(39)17-15-23/h3-4,7,9-17,20-21,27-28,30,32,49H,5-6,8,18-19,40-42H2,1-2H3,(H,43,55)(H,44,51)(H,45,52)(H,47,54)(H,48,53)/t20-,21+,27-,28-,30-,32+/m0/s1. The van der Waals surface area contributed by atoms with Gasteiger partial charge in [0.25, 0.3) is 17.6 Å². The van der Waals surface area contributed by atoms with E-state index in [4.69, 9.17) is 33.2 Å². The van der Waals surface area contributed by atoms with E-state index < -0.39 is 71.8 Å². The molecule has 17 nitrogen and oxygen atoms in total. The van der Waals surface area contributed by atoms with E-state index in [0.29, 0.717) is 35.5 Å². The molecule has 0 aliphatic heterocycles. The Morgan fingerprint density at radius 1 is 0.750 bits per heavy atom. The van der Waals surface area contributed by atoms with Gasteiger partial charge < -0.3 is 53.3 Å². The Labute approximate surface area is 327 Å². The summed E-state index contributed by atoms with van der Waals surface area (Å²) in [5.74, 6) is -5.10. The summed E-state index contributed by atoms with van der Waals surface area (Å²) in [6.45, 7) is 2.55. The lowest BCUT2D eigenvalue weighted by atomic mass is 10.0. The van der Waals surface area contributed by atoms with Crippen molar-refractivity contribution >= 4 is 58.0 Å². The van der Waals surface area contributed by atoms with Gasteiger partial charge in [0.15, 0.2) is 5.58 Å². The molecule has 298 valence electrons. The Hall–Kier alpha value is -5.72. The molecule has 4 rings (SSSR count). The van der Waals surface area contributed by atoms with Crippen LogP contribution in [0.1, 0.15) is 54.2 Å². The van der Waals surface area contributed by atoms with Crippen LogP contribution >= 0.6 is 11.6 Å². The maximum absolute atomic E-state index is 13.3. The van der Waals surface area contributed by atoms with Crippen molar-refractivity contribution in [3.8, 4) is 11.1 Å². The van der Waals surface area contributed by atoms with Crippen molar-refractivity contribution in [2.75, 3.05) is 13.1 Å². The summed E-state index contributed by atoms with van der Waals surface area (Å²) in [6.07, 6.45) is -1.94. The van der Waals surface area contributed by atoms with Crippen molar-refractivity contribution in [2.45, 2.75) is 69.5 Å². The minimum Gasteiger partial charge on any atom is -0.434 e. The molecule has 5 amide bonds. The van der Waals surface area contributed by atoms with E-state index in [1.165, 1.54) is 13.8 Å². The van der Waals surface area contributed by atoms with E-state index in [9.17, 15) is 33.9 Å². The van der Waals surface area contributed by atoms with E-state index in [1.54, 1.807) is 60.7 Å². The second-order valence-corrected chi connectivity index (χ2v) is 13.4. The smallest absolute Gasteiger partial charge is 0.268 e. The highest BCUT2D eigenvalue weighted by Gasteiger charge is 2.33. The maximum atomic E-state index is 13.3. The SMILES string of the molecule is C[C@H](NC(=O)[C@@H](NC(=O)[C@H](CN)NC(=O)c1ccc(-c2ccc(Cl)cc2)cc1)[C@@H](C)O)C(=O)N[C@@H](CCCCN)C(=O)N[C@@H](N)C(=O)c1nc2ccccc2o1. The van der Waals surface area contributed by atoms with Gasteiger partial charge in [-0.15, -0.1) is 0 Å². The predicted molar refractivity (Wildman–Crippen MR) is 208 cm³/mol. The Bertz CT molecular complexity index is 1970. The number of benzene rings is 3. The fourth-order valence-corrected chi connectivity index (χ4v) is 5.57. The number of nitrogens with one attached hydrogen (secondary N) is 5. The van der Waals surface area contributed by atoms with Crippen LogP contribution in [-0.4, -0.2) is 94.9 Å². The first-order chi connectivity index (χ1) is 26.7. The molecule has 18 heteroatoms. The predicted octanol–water partition coefficient (Wildman–Crippen LogP) is 0.473. The van der Waals surface area contributed by atoms with Crippen LogP contribution < -0.4 is 43.8 Å². The average Bonchev–Trinajstić information content (AvgIpc) is 3.62. The second-order valence-electron chi connectivity index (χ2n) is 13.0. The third-order valence-corrected chi connectivity index (χ3v) is 8.91. The van der Waals surface area contributed by atoms with Crippen LogP contribution in [0.2, 0.25) is 5.02 Å². The summed E-state index contributed by atoms with van der Waals surface area (Å²) in [5.41, 5.74) is 20.1. The number of fused-ring (bicyclic) bond motifs is 1. The Morgan fingerprint density at radius 3 is 1.98 bits per heavy atom. The molecule has 0 fully saturated rings. The number of aliphatic hydroxyl groups is 1. The number of hydrogen-bond acceptors (Lipinski definition) is 12. The van der Waals surface area contributed by atoms with Gasteiger partial charge in [-0.3, -0.25) is 28.8 Å². The minimum absolute atomic E-state index is 0.115. The quantitative estimate of drug-likeness (QED) is 0.0356. The minimum atomic E-state index is -1.57. The molecule has 0 aliphatic carbocycles. The number of oxazole rings is 1. The highest BCUT2D eigenvalue weighted by molar-refractivity contribution is 6.30. The van der Waals surface area contributed by atoms with Crippen LogP contribution in [-0.2, 0) is 19.2 Å². The van der Waals surface area contributed by atoms with Crippen molar-refractivity contribution in [1.82, 2.24) is 31.6 Å². The molecule has 0 aliphatic rings. The summed E-state index contributed by atoms with van der Waals surface area (Å²) in [5, 5.41) is 23.2. The van der Waals surface area contributed by atoms with Crippen LogP contribution in [0.3, 0.4) is 0 Å². The molecule has 0 unspecified atom stereocenters. The first-order valence-corrected chi connectivity index (χ1v) is 18.2. The van der Waals surface area contributed by atoms with Crippen molar-refractivity contribution in [3.63, 3.8) is 0 Å². The lowest BCUT2D eigenvalue weighted by molar-refractivity contribution is -0.135. The fraction of sp³-hybridized carbons (Fsp3) is 0.342. The average molecular weight is 792 g/mol. The van der Waals surface area contributed by atoms with Crippen LogP contribution in [0.5, 0.6) is 0 Å². The lowest BCUT2D eigenvalue weighted by Crippen LogP contribution is -2.61. The number of nitrogens with zero attached hydrogens (tertiary/aromatic N) is 1. The molecule has 1 heterocycles. The molecule has 0 bridgehead atoms. The number of carbonyl (C=O) groups excluding carboxylic acids is 6. The molecular weight excluding hydrogens is 746 g/mol. The third kappa shape index (κ3) is 11.6. The number of para-hydroxylation sites is 2. The normalized spacial score (nSPS) is 14.3. The molecule has 3 aromatic carbocycles. The van der Waals surface area contributed by atoms with E-state index >= 15 is 0 Å². The number of halogens is 1. The van der Waals surface area contributed by atoms with Crippen molar-refractivity contribution < 1.29 is 38.3 Å². The van der Waals surface area contributed by atoms with Crippen LogP contribution in [0.25, 0.3) is 22.2 Å². The number of rotatable bonds is 19. The number of Topliss-reactive ketones (excluding diaryl/α,β-unsaturated/α-hetero) is 1. The van der Waals surface area contributed by atoms with E-state index in [-0.39, 0.29) is 24.4 Å². The van der Waals surface area contributed by atoms with Gasteiger partial charge in [0.2, 0.25) is 23.6 Å². The van der Waals surface area contributed by atoms with Crippen molar-refractivity contribution in [1.29, 1.82) is 0 Å². The van der Waals surface area contributed by atoms with E-state index in [1.807, 2.05) is 12.1 Å². The summed E-state index contributed by atoms with van der Waals surface area (Å²) >= 11 is 5.96. The van der Waals surface area contributed by atoms with Crippen LogP contribution in [0.4, 0.5) is 0 Å². The summed E-state index contributed by atoms with van der Waals surface area (Å²) in [6, 6.07) is 15.1. The van der Waals surface area contributed by atoms with E-state index in [0.717, 1.165) is 11.1 Å². The molecule has 0 saturated carbocycles. The summed E-state index contributed by atoms with van der Waals surface area (Å²) < 4.78 is 5.45. The number of ketones is 1. The molecule has 4 aromatic rings. The number of unbranched alkanes of at least 4 members (excludes halogenated alkanes) is 1. The third-order valence-electron chi connectivity index (χ3n) is 8.66. The largest absolute Gasteiger partial charge is 0.434 e. The number of nitrogens with two attached hydrogens (primary N) is 3. The van der Waals surface area contributed by atoms with Gasteiger partial charge in [0, 0.05) is 17.1 Å². The highest BCUT2D eigenvalue weighted by Crippen LogP contribution is 2.22.